The number of carbonyl (C=O) groups excluding carboxylic acids is 2. The van der Waals surface area contributed by atoms with Crippen molar-refractivity contribution in [3.8, 4) is 17.6 Å². The van der Waals surface area contributed by atoms with Crippen LogP contribution in [0.3, 0.4) is 0 Å². The van der Waals surface area contributed by atoms with Crippen molar-refractivity contribution in [1.29, 1.82) is 5.26 Å². The molecule has 2 aliphatic rings. The van der Waals surface area contributed by atoms with Gasteiger partial charge in [-0.05, 0) is 18.2 Å². The molecule has 2 aromatic carbocycles. The average molecular weight is 347 g/mol. The van der Waals surface area contributed by atoms with Gasteiger partial charge in [0.1, 0.15) is 28.6 Å². The molecule has 0 aliphatic carbocycles. The number of benzene rings is 2. The van der Waals surface area contributed by atoms with Crippen molar-refractivity contribution in [3.63, 3.8) is 0 Å². The van der Waals surface area contributed by atoms with E-state index in [2.05, 4.69) is 0 Å². The molecule has 1 spiro atoms. The van der Waals surface area contributed by atoms with Gasteiger partial charge in [0.25, 0.3) is 5.91 Å². The molecular weight excluding hydrogens is 334 g/mol. The van der Waals surface area contributed by atoms with Crippen LogP contribution in [0.5, 0.6) is 11.5 Å². The molecule has 3 N–H and O–H groups in total. The van der Waals surface area contributed by atoms with Gasteiger partial charge in [0.05, 0.1) is 5.69 Å². The largest absolute Gasteiger partial charge is 0.508 e. The average Bonchev–Trinajstić information content (AvgIpc) is 2.85. The van der Waals surface area contributed by atoms with Gasteiger partial charge in [0.2, 0.25) is 11.8 Å². The second-order valence-corrected chi connectivity index (χ2v) is 6.06. The van der Waals surface area contributed by atoms with Gasteiger partial charge in [0, 0.05) is 24.1 Å². The third kappa shape index (κ3) is 1.70. The first-order chi connectivity index (χ1) is 12.4. The van der Waals surface area contributed by atoms with Gasteiger partial charge in [-0.15, -0.1) is 0 Å². The zero-order valence-electron chi connectivity index (χ0n) is 13.7. The molecule has 7 heteroatoms. The number of carbonyl (C=O) groups is 2. The molecule has 2 amide bonds. The number of nitrogens with zero attached hydrogens (tertiary/aromatic N) is 2. The molecule has 128 valence electrons. The number of rotatable bonds is 0. The Hall–Kier alpha value is -3.79. The number of anilines is 1. The zero-order chi connectivity index (χ0) is 18.6. The molecule has 7 nitrogen and oxygen atoms in total. The summed E-state index contributed by atoms with van der Waals surface area (Å²) in [5.41, 5.74) is 5.48. The highest BCUT2D eigenvalue weighted by molar-refractivity contribution is 6.25. The molecule has 2 aliphatic heterocycles. The number of phenols is 1. The van der Waals surface area contributed by atoms with E-state index in [9.17, 15) is 20.0 Å². The summed E-state index contributed by atoms with van der Waals surface area (Å²) in [6, 6.07) is 13.0. The minimum atomic E-state index is -1.59. The van der Waals surface area contributed by atoms with E-state index < -0.39 is 17.2 Å². The van der Waals surface area contributed by atoms with Crippen molar-refractivity contribution in [1.82, 2.24) is 0 Å². The van der Waals surface area contributed by atoms with Crippen molar-refractivity contribution in [2.45, 2.75) is 12.3 Å². The first-order valence-electron chi connectivity index (χ1n) is 7.79. The highest BCUT2D eigenvalue weighted by atomic mass is 16.5. The van der Waals surface area contributed by atoms with Crippen molar-refractivity contribution in [2.75, 3.05) is 4.90 Å². The van der Waals surface area contributed by atoms with Crippen LogP contribution in [-0.4, -0.2) is 16.9 Å². The molecule has 0 aromatic heterocycles. The Morgan fingerprint density at radius 1 is 1.27 bits per heavy atom. The summed E-state index contributed by atoms with van der Waals surface area (Å²) in [5, 5.41) is 19.5. The van der Waals surface area contributed by atoms with Gasteiger partial charge in [-0.2, -0.15) is 5.26 Å². The van der Waals surface area contributed by atoms with Crippen LogP contribution in [0, 0.1) is 11.3 Å². The summed E-state index contributed by atoms with van der Waals surface area (Å²) in [6.07, 6.45) is 0. The van der Waals surface area contributed by atoms with E-state index in [0.717, 1.165) is 4.90 Å². The van der Waals surface area contributed by atoms with Crippen LogP contribution >= 0.6 is 0 Å². The van der Waals surface area contributed by atoms with Crippen LogP contribution in [0.2, 0.25) is 0 Å². The van der Waals surface area contributed by atoms with Crippen molar-refractivity contribution < 1.29 is 19.4 Å². The predicted molar refractivity (Wildman–Crippen MR) is 91.0 cm³/mol. The third-order valence-corrected chi connectivity index (χ3v) is 4.71. The second-order valence-electron chi connectivity index (χ2n) is 6.06. The summed E-state index contributed by atoms with van der Waals surface area (Å²) >= 11 is 0. The van der Waals surface area contributed by atoms with Gasteiger partial charge >= 0.3 is 0 Å². The minimum Gasteiger partial charge on any atom is -0.508 e. The fourth-order valence-corrected chi connectivity index (χ4v) is 3.73. The van der Waals surface area contributed by atoms with Crippen LogP contribution in [0.15, 0.2) is 53.9 Å². The maximum atomic E-state index is 13.5. The molecule has 2 aromatic rings. The molecule has 1 atom stereocenters. The number of para-hydroxylation sites is 1. The molecule has 0 saturated carbocycles. The Labute approximate surface area is 148 Å². The number of ether oxygens (including phenoxy) is 1. The molecule has 1 unspecified atom stereocenters. The Morgan fingerprint density at radius 2 is 2.00 bits per heavy atom. The molecule has 0 saturated heterocycles. The number of imide groups is 1. The number of fused-ring (bicyclic) bond motifs is 4. The maximum absolute atomic E-state index is 13.5. The Morgan fingerprint density at radius 3 is 2.69 bits per heavy atom. The van der Waals surface area contributed by atoms with Crippen LogP contribution in [-0.2, 0) is 15.0 Å². The van der Waals surface area contributed by atoms with Gasteiger partial charge in [0.15, 0.2) is 0 Å². The lowest BCUT2D eigenvalue weighted by atomic mass is 9.69. The van der Waals surface area contributed by atoms with E-state index >= 15 is 0 Å². The predicted octanol–water partition coefficient (Wildman–Crippen LogP) is 1.66. The van der Waals surface area contributed by atoms with Crippen LogP contribution in [0.4, 0.5) is 5.69 Å². The highest BCUT2D eigenvalue weighted by Gasteiger charge is 2.59. The highest BCUT2D eigenvalue weighted by Crippen LogP contribution is 2.55. The van der Waals surface area contributed by atoms with Gasteiger partial charge in [-0.3, -0.25) is 9.59 Å². The van der Waals surface area contributed by atoms with Crippen molar-refractivity contribution in [2.24, 2.45) is 5.73 Å². The summed E-state index contributed by atoms with van der Waals surface area (Å²) < 4.78 is 5.48. The molecule has 26 heavy (non-hydrogen) atoms. The standard InChI is InChI=1S/C19H13N3O4/c1-10(23)22-15-5-3-2-4-12(15)19(18(22)25)13-7-6-11(24)8-16(13)26-17(21)14(19)9-20/h2-8,24H,21H2,1H3. The number of amides is 2. The molecule has 2 heterocycles. The Kier molecular flexibility index (Phi) is 3.08. The van der Waals surface area contributed by atoms with Gasteiger partial charge in [-0.25, -0.2) is 4.90 Å². The summed E-state index contributed by atoms with van der Waals surface area (Å²) in [5.74, 6) is -1.22. The fourth-order valence-electron chi connectivity index (χ4n) is 3.73. The van der Waals surface area contributed by atoms with E-state index in [1.54, 1.807) is 24.3 Å². The lowest BCUT2D eigenvalue weighted by Gasteiger charge is -2.34. The third-order valence-electron chi connectivity index (χ3n) is 4.71. The minimum absolute atomic E-state index is 0.0748. The maximum Gasteiger partial charge on any atom is 0.254 e. The smallest absolute Gasteiger partial charge is 0.254 e. The van der Waals surface area contributed by atoms with Crippen molar-refractivity contribution >= 4 is 17.5 Å². The number of nitriles is 1. The van der Waals surface area contributed by atoms with E-state index in [1.165, 1.54) is 25.1 Å². The Balaban J connectivity index is 2.17. The second kappa shape index (κ2) is 5.10. The Bertz CT molecular complexity index is 1070. The number of hydrogen-bond acceptors (Lipinski definition) is 6. The summed E-state index contributed by atoms with van der Waals surface area (Å²) in [7, 11) is 0. The topological polar surface area (TPSA) is 117 Å². The summed E-state index contributed by atoms with van der Waals surface area (Å²) in [4.78, 5) is 26.7. The number of aromatic hydroxyl groups is 1. The number of hydrogen-bond donors (Lipinski definition) is 2. The van der Waals surface area contributed by atoms with Crippen LogP contribution < -0.4 is 15.4 Å². The molecule has 0 bridgehead atoms. The molecular formula is C19H13N3O4. The monoisotopic (exact) mass is 347 g/mol. The van der Waals surface area contributed by atoms with Crippen LogP contribution in [0.1, 0.15) is 18.1 Å². The van der Waals surface area contributed by atoms with E-state index in [4.69, 9.17) is 10.5 Å². The van der Waals surface area contributed by atoms with Gasteiger partial charge in [-0.1, -0.05) is 18.2 Å². The molecule has 0 radical (unpaired) electrons. The normalized spacial score (nSPS) is 20.5. The number of nitrogens with two attached hydrogens (primary N) is 1. The van der Waals surface area contributed by atoms with Gasteiger partial charge < -0.3 is 15.6 Å². The summed E-state index contributed by atoms with van der Waals surface area (Å²) in [6.45, 7) is 1.28. The zero-order valence-corrected chi connectivity index (χ0v) is 13.7. The van der Waals surface area contributed by atoms with Crippen molar-refractivity contribution in [3.05, 3.63) is 65.0 Å². The molecule has 4 rings (SSSR count). The van der Waals surface area contributed by atoms with E-state index in [0.29, 0.717) is 16.8 Å². The first kappa shape index (κ1) is 15.7. The first-order valence-corrected chi connectivity index (χ1v) is 7.79. The number of phenolic OH excluding ortho intramolecular Hbond substituents is 1. The van der Waals surface area contributed by atoms with E-state index in [-0.39, 0.29) is 23.0 Å². The van der Waals surface area contributed by atoms with E-state index in [1.807, 2.05) is 6.07 Å². The lowest BCUT2D eigenvalue weighted by Crippen LogP contribution is -2.47. The van der Waals surface area contributed by atoms with Crippen LogP contribution in [0.25, 0.3) is 0 Å². The lowest BCUT2D eigenvalue weighted by molar-refractivity contribution is -0.126. The molecule has 0 fully saturated rings. The SMILES string of the molecule is CC(=O)N1C(=O)C2(C(C#N)=C(N)Oc3cc(O)ccc32)c2ccccc21. The fraction of sp³-hybridized carbons (Fsp3) is 0.105. The quantitative estimate of drug-likeness (QED) is 0.748.